The molecule has 1 saturated heterocycles. The zero-order chi connectivity index (χ0) is 17.8. The maximum Gasteiger partial charge on any atom is 0.272 e. The molecule has 6 heteroatoms. The fourth-order valence-electron chi connectivity index (χ4n) is 3.23. The van der Waals surface area contributed by atoms with Gasteiger partial charge in [-0.3, -0.25) is 9.48 Å². The number of amides is 1. The number of thioether (sulfide) groups is 1. The van der Waals surface area contributed by atoms with Gasteiger partial charge in [0.2, 0.25) is 0 Å². The molecule has 0 aliphatic carbocycles. The maximum atomic E-state index is 13.2. The Hall–Kier alpha value is -1.79. The van der Waals surface area contributed by atoms with Crippen LogP contribution < -0.4 is 0 Å². The van der Waals surface area contributed by atoms with Gasteiger partial charge in [-0.05, 0) is 32.3 Å². The van der Waals surface area contributed by atoms with E-state index < -0.39 is 0 Å². The number of carbonyl (C=O) groups is 1. The van der Waals surface area contributed by atoms with Gasteiger partial charge in [-0.1, -0.05) is 30.3 Å². The molecule has 1 aromatic heterocycles. The van der Waals surface area contributed by atoms with Crippen molar-refractivity contribution in [3.8, 4) is 11.3 Å². The second kappa shape index (κ2) is 8.06. The van der Waals surface area contributed by atoms with Crippen LogP contribution in [0.2, 0.25) is 0 Å². The number of aryl methyl sites for hydroxylation is 1. The van der Waals surface area contributed by atoms with Crippen LogP contribution in [-0.2, 0) is 7.05 Å². The van der Waals surface area contributed by atoms with Crippen molar-refractivity contribution in [1.82, 2.24) is 19.6 Å². The van der Waals surface area contributed by atoms with Crippen molar-refractivity contribution in [3.63, 3.8) is 0 Å². The third-order valence-corrected chi connectivity index (χ3v) is 5.64. The van der Waals surface area contributed by atoms with Gasteiger partial charge in [-0.25, -0.2) is 0 Å². The van der Waals surface area contributed by atoms with Crippen LogP contribution in [0.4, 0.5) is 0 Å². The van der Waals surface area contributed by atoms with Gasteiger partial charge in [0, 0.05) is 31.5 Å². The van der Waals surface area contributed by atoms with Gasteiger partial charge < -0.3 is 9.80 Å². The summed E-state index contributed by atoms with van der Waals surface area (Å²) in [4.78, 5) is 17.5. The Balaban J connectivity index is 1.87. The molecule has 2 aromatic rings. The average molecular weight is 359 g/mol. The molecule has 2 heterocycles. The molecule has 1 aliphatic rings. The van der Waals surface area contributed by atoms with Crippen LogP contribution in [0.3, 0.4) is 0 Å². The first-order valence-corrected chi connectivity index (χ1v) is 9.84. The summed E-state index contributed by atoms with van der Waals surface area (Å²) in [6.45, 7) is 1.71. The lowest BCUT2D eigenvalue weighted by Gasteiger charge is -2.31. The van der Waals surface area contributed by atoms with E-state index in [1.165, 1.54) is 0 Å². The lowest BCUT2D eigenvalue weighted by atomic mass is 10.1. The van der Waals surface area contributed by atoms with Crippen molar-refractivity contribution in [2.45, 2.75) is 12.5 Å². The van der Waals surface area contributed by atoms with Crippen LogP contribution in [-0.4, -0.2) is 70.2 Å². The van der Waals surface area contributed by atoms with Gasteiger partial charge >= 0.3 is 0 Å². The largest absolute Gasteiger partial charge is 0.332 e. The zero-order valence-corrected chi connectivity index (χ0v) is 16.0. The molecule has 0 radical (unpaired) electrons. The van der Waals surface area contributed by atoms with Crippen LogP contribution >= 0.6 is 11.8 Å². The van der Waals surface area contributed by atoms with Crippen LogP contribution in [0.5, 0.6) is 0 Å². The number of carbonyl (C=O) groups excluding carboxylic acids is 1. The Morgan fingerprint density at radius 2 is 2.08 bits per heavy atom. The van der Waals surface area contributed by atoms with E-state index in [9.17, 15) is 4.79 Å². The minimum absolute atomic E-state index is 0.0894. The van der Waals surface area contributed by atoms with Gasteiger partial charge in [-0.2, -0.15) is 16.9 Å². The number of nitrogens with zero attached hydrogens (tertiary/aromatic N) is 4. The Kier molecular flexibility index (Phi) is 5.81. The summed E-state index contributed by atoms with van der Waals surface area (Å²) in [5, 5.41) is 4.56. The molecule has 0 bridgehead atoms. The SMILES string of the molecule is CN(C)CC1CSCCCN1C(=O)c1cc(-c2ccccc2)nn1C. The Labute approximate surface area is 154 Å². The van der Waals surface area contributed by atoms with E-state index in [1.807, 2.05) is 60.1 Å². The van der Waals surface area contributed by atoms with Crippen molar-refractivity contribution >= 4 is 17.7 Å². The Morgan fingerprint density at radius 3 is 2.80 bits per heavy atom. The van der Waals surface area contributed by atoms with E-state index in [1.54, 1.807) is 4.68 Å². The van der Waals surface area contributed by atoms with Gasteiger partial charge in [0.1, 0.15) is 5.69 Å². The topological polar surface area (TPSA) is 41.4 Å². The second-order valence-electron chi connectivity index (χ2n) is 6.75. The molecule has 1 aromatic carbocycles. The molecule has 0 saturated carbocycles. The van der Waals surface area contributed by atoms with Gasteiger partial charge in [0.25, 0.3) is 5.91 Å². The highest BCUT2D eigenvalue weighted by molar-refractivity contribution is 7.99. The van der Waals surface area contributed by atoms with Crippen molar-refractivity contribution < 1.29 is 4.79 Å². The average Bonchev–Trinajstić information content (AvgIpc) is 2.84. The molecule has 1 unspecified atom stereocenters. The van der Waals surface area contributed by atoms with Gasteiger partial charge in [0.15, 0.2) is 0 Å². The number of rotatable bonds is 4. The number of likely N-dealkylation sites (N-methyl/N-ethyl adjacent to an activating group) is 1. The highest BCUT2D eigenvalue weighted by Gasteiger charge is 2.29. The number of hydrogen-bond acceptors (Lipinski definition) is 4. The molecule has 3 rings (SSSR count). The fraction of sp³-hybridized carbons (Fsp3) is 0.474. The molecule has 0 spiro atoms. The second-order valence-corrected chi connectivity index (χ2v) is 7.90. The predicted octanol–water partition coefficient (Wildman–Crippen LogP) is 2.60. The lowest BCUT2D eigenvalue weighted by molar-refractivity contribution is 0.0664. The smallest absolute Gasteiger partial charge is 0.272 e. The van der Waals surface area contributed by atoms with Crippen LogP contribution in [0.15, 0.2) is 36.4 Å². The molecule has 25 heavy (non-hydrogen) atoms. The number of hydrogen-bond donors (Lipinski definition) is 0. The quantitative estimate of drug-likeness (QED) is 0.842. The van der Waals surface area contributed by atoms with E-state index in [0.29, 0.717) is 5.69 Å². The molecule has 5 nitrogen and oxygen atoms in total. The van der Waals surface area contributed by atoms with E-state index in [-0.39, 0.29) is 11.9 Å². The normalized spacial score (nSPS) is 18.4. The van der Waals surface area contributed by atoms with Gasteiger partial charge in [-0.15, -0.1) is 0 Å². The standard InChI is InChI=1S/C19H26N4OS/c1-21(2)13-16-14-25-11-7-10-23(16)19(24)18-12-17(20-22(18)3)15-8-5-4-6-9-15/h4-6,8-9,12,16H,7,10-11,13-14H2,1-3H3. The third kappa shape index (κ3) is 4.25. The Bertz CT molecular complexity index is 713. The molecule has 0 N–H and O–H groups in total. The monoisotopic (exact) mass is 358 g/mol. The Morgan fingerprint density at radius 1 is 1.32 bits per heavy atom. The summed E-state index contributed by atoms with van der Waals surface area (Å²) >= 11 is 1.95. The number of benzene rings is 1. The van der Waals surface area contributed by atoms with E-state index in [4.69, 9.17) is 0 Å². The van der Waals surface area contributed by atoms with Crippen LogP contribution in [0, 0.1) is 0 Å². The first kappa shape index (κ1) is 18.0. The summed E-state index contributed by atoms with van der Waals surface area (Å²) in [6.07, 6.45) is 1.05. The zero-order valence-electron chi connectivity index (χ0n) is 15.2. The minimum Gasteiger partial charge on any atom is -0.332 e. The molecule has 134 valence electrons. The third-order valence-electron chi connectivity index (χ3n) is 4.44. The first-order valence-electron chi connectivity index (χ1n) is 8.69. The van der Waals surface area contributed by atoms with Crippen molar-refractivity contribution in [2.75, 3.05) is 38.7 Å². The highest BCUT2D eigenvalue weighted by Crippen LogP contribution is 2.22. The van der Waals surface area contributed by atoms with E-state index in [0.717, 1.165) is 42.3 Å². The summed E-state index contributed by atoms with van der Waals surface area (Å²) in [7, 11) is 5.98. The first-order chi connectivity index (χ1) is 12.1. The summed E-state index contributed by atoms with van der Waals surface area (Å²) in [6, 6.07) is 12.2. The van der Waals surface area contributed by atoms with Crippen molar-refractivity contribution in [3.05, 3.63) is 42.1 Å². The minimum atomic E-state index is 0.0894. The summed E-state index contributed by atoms with van der Waals surface area (Å²) < 4.78 is 1.72. The van der Waals surface area contributed by atoms with Crippen LogP contribution in [0.25, 0.3) is 11.3 Å². The molecule has 1 aliphatic heterocycles. The molecular weight excluding hydrogens is 332 g/mol. The van der Waals surface area contributed by atoms with Gasteiger partial charge in [0.05, 0.1) is 11.7 Å². The summed E-state index contributed by atoms with van der Waals surface area (Å²) in [5.41, 5.74) is 2.54. The van der Waals surface area contributed by atoms with E-state index >= 15 is 0 Å². The summed E-state index contributed by atoms with van der Waals surface area (Å²) in [5.74, 6) is 2.20. The van der Waals surface area contributed by atoms with Crippen molar-refractivity contribution in [2.24, 2.45) is 7.05 Å². The van der Waals surface area contributed by atoms with Crippen molar-refractivity contribution in [1.29, 1.82) is 0 Å². The fourth-order valence-corrected chi connectivity index (χ4v) is 4.29. The molecular formula is C19H26N4OS. The molecule has 1 amide bonds. The predicted molar refractivity (Wildman–Crippen MR) is 104 cm³/mol. The van der Waals surface area contributed by atoms with Crippen LogP contribution in [0.1, 0.15) is 16.9 Å². The number of aromatic nitrogens is 2. The lowest BCUT2D eigenvalue weighted by Crippen LogP contribution is -2.47. The van der Waals surface area contributed by atoms with E-state index in [2.05, 4.69) is 24.1 Å². The highest BCUT2D eigenvalue weighted by atomic mass is 32.2. The maximum absolute atomic E-state index is 13.2. The molecule has 1 atom stereocenters. The molecule has 1 fully saturated rings.